The normalized spacial score (nSPS) is 13.4. The Labute approximate surface area is 297 Å². The van der Waals surface area contributed by atoms with E-state index in [1.54, 1.807) is 0 Å². The van der Waals surface area contributed by atoms with Crippen LogP contribution in [0.25, 0.3) is 0 Å². The van der Waals surface area contributed by atoms with Gasteiger partial charge in [-0.3, -0.25) is 0 Å². The first kappa shape index (κ1) is 39.0. The van der Waals surface area contributed by atoms with E-state index in [1.807, 2.05) is 36.7 Å². The molecule has 4 rings (SSSR count). The van der Waals surface area contributed by atoms with Crippen molar-refractivity contribution in [1.82, 2.24) is 0 Å². The Hall–Kier alpha value is -2.40. The van der Waals surface area contributed by atoms with E-state index in [0.717, 1.165) is 30.1 Å². The van der Waals surface area contributed by atoms with E-state index in [2.05, 4.69) is 118 Å². The summed E-state index contributed by atoms with van der Waals surface area (Å²) in [6, 6.07) is 19.2. The van der Waals surface area contributed by atoms with E-state index in [-0.39, 0.29) is 12.0 Å². The number of amides is 1. The number of para-hydroxylation sites is 2. The fourth-order valence-corrected chi connectivity index (χ4v) is 7.72. The average molecular weight is 770 g/mol. The SMILES string of the molecule is CC(=O)Nc1ccc([OH+]C(C)C)c([CH]=[Ru]([Cl])[Cl])c1.CC(C)c1cccc(C(C)C)c1N1[CH-]N(c2c(C(C)C)cccc2C(C)C)CC1. The van der Waals surface area contributed by atoms with Crippen LogP contribution in [0.5, 0.6) is 5.75 Å². The fraction of sp³-hybridized carbons (Fsp3) is 0.462. The number of aromatic hydroxyl groups is 1. The third-order valence-corrected chi connectivity index (χ3v) is 9.88. The molecule has 3 aromatic carbocycles. The van der Waals surface area contributed by atoms with E-state index in [4.69, 9.17) is 19.4 Å². The molecule has 1 heterocycles. The summed E-state index contributed by atoms with van der Waals surface area (Å²) in [6.45, 7) is 28.4. The number of nitrogens with zero attached hydrogens (tertiary/aromatic N) is 2. The van der Waals surface area contributed by atoms with Crippen LogP contribution in [0, 0.1) is 6.67 Å². The van der Waals surface area contributed by atoms with Crippen LogP contribution >= 0.6 is 19.4 Å². The van der Waals surface area contributed by atoms with Crippen LogP contribution < -0.4 is 15.1 Å². The summed E-state index contributed by atoms with van der Waals surface area (Å²) >= 11 is -1.92. The Morgan fingerprint density at radius 1 is 0.766 bits per heavy atom. The second-order valence-electron chi connectivity index (χ2n) is 13.7. The molecule has 1 saturated heterocycles. The van der Waals surface area contributed by atoms with Crippen LogP contribution in [0.1, 0.15) is 128 Å². The van der Waals surface area contributed by atoms with Crippen molar-refractivity contribution in [2.24, 2.45) is 0 Å². The second-order valence-corrected chi connectivity index (χ2v) is 19.4. The van der Waals surface area contributed by atoms with Gasteiger partial charge in [-0.1, -0.05) is 91.8 Å². The van der Waals surface area contributed by atoms with Crippen molar-refractivity contribution in [3.63, 3.8) is 0 Å². The van der Waals surface area contributed by atoms with E-state index in [9.17, 15) is 4.79 Å². The van der Waals surface area contributed by atoms with Gasteiger partial charge in [-0.2, -0.15) is 6.67 Å². The molecule has 47 heavy (non-hydrogen) atoms. The number of ether oxygens (including phenoxy) is 1. The van der Waals surface area contributed by atoms with Gasteiger partial charge in [0.05, 0.1) is 0 Å². The van der Waals surface area contributed by atoms with Crippen molar-refractivity contribution in [2.45, 2.75) is 106 Å². The molecule has 3 aromatic rings. The third kappa shape index (κ3) is 10.8. The zero-order chi connectivity index (χ0) is 35.0. The molecule has 0 saturated carbocycles. The van der Waals surface area contributed by atoms with Gasteiger partial charge in [-0.15, -0.1) is 0 Å². The minimum atomic E-state index is -1.92. The number of carbonyl (C=O) groups is 1. The molecule has 8 heteroatoms. The Kier molecular flexibility index (Phi) is 14.8. The molecule has 0 bridgehead atoms. The summed E-state index contributed by atoms with van der Waals surface area (Å²) < 4.78 is 6.33. The Morgan fingerprint density at radius 3 is 1.53 bits per heavy atom. The van der Waals surface area contributed by atoms with Gasteiger partial charge < -0.3 is 9.80 Å². The van der Waals surface area contributed by atoms with Crippen molar-refractivity contribution in [1.29, 1.82) is 0 Å². The molecule has 0 aliphatic carbocycles. The van der Waals surface area contributed by atoms with Gasteiger partial charge in [-0.05, 0) is 45.9 Å². The van der Waals surface area contributed by atoms with E-state index < -0.39 is 13.5 Å². The molecule has 1 amide bonds. The Bertz CT molecular complexity index is 1410. The zero-order valence-electron chi connectivity index (χ0n) is 30.0. The fourth-order valence-electron chi connectivity index (χ4n) is 5.92. The maximum absolute atomic E-state index is 11.0. The van der Waals surface area contributed by atoms with Gasteiger partial charge in [0, 0.05) is 24.5 Å². The Morgan fingerprint density at radius 2 is 1.19 bits per heavy atom. The van der Waals surface area contributed by atoms with Crippen molar-refractivity contribution >= 4 is 47.0 Å². The third-order valence-electron chi connectivity index (χ3n) is 8.05. The monoisotopic (exact) mass is 769 g/mol. The molecule has 2 N–H and O–H groups in total. The zero-order valence-corrected chi connectivity index (χ0v) is 33.3. The molecule has 0 spiro atoms. The topological polar surface area (TPSA) is 48.4 Å². The number of hydrogen-bond donors (Lipinski definition) is 1. The standard InChI is InChI=1S/C27H39N2.C12H15NO2.2ClH.Ru/c1-18(2)22-11-9-12-23(19(3)4)26(22)28-15-16-29(17-28)27-24(20(5)6)13-10-14-25(27)21(7)8;1-8(2)15-12-6-5-11(7-9(12)3)13-10(4)14;;;/h9-14,17-21H,15-16H2,1-8H3;3,5-8H,1-2,4H3,(H,13,14);2*1H;/q-1;;;;+2/p-1. The molecule has 0 aromatic heterocycles. The number of aliphatic hydroxyl groups is 1. The van der Waals surface area contributed by atoms with Crippen LogP contribution in [0.15, 0.2) is 54.6 Å². The van der Waals surface area contributed by atoms with Crippen molar-refractivity contribution < 1.29 is 23.0 Å². The molecular weight excluding hydrogens is 714 g/mol. The van der Waals surface area contributed by atoms with Gasteiger partial charge in [0.2, 0.25) is 0 Å². The smallest absolute Gasteiger partial charge is 0.0156 e. The van der Waals surface area contributed by atoms with Crippen LogP contribution in [0.3, 0.4) is 0 Å². The molecule has 5 nitrogen and oxygen atoms in total. The number of carbonyl (C=O) groups excluding carboxylic acids is 1. The molecule has 0 unspecified atom stereocenters. The quantitative estimate of drug-likeness (QED) is 0.0967. The van der Waals surface area contributed by atoms with Gasteiger partial charge in [-0.25, -0.2) is 0 Å². The molecule has 0 atom stereocenters. The summed E-state index contributed by atoms with van der Waals surface area (Å²) in [6.07, 6.45) is 0.190. The molecule has 1 aliphatic heterocycles. The van der Waals surface area contributed by atoms with Gasteiger partial charge in [0.15, 0.2) is 0 Å². The molecule has 260 valence electrons. The largest absolute Gasteiger partial charge is 0.502 e. The van der Waals surface area contributed by atoms with Crippen LogP contribution in [-0.4, -0.2) is 34.4 Å². The summed E-state index contributed by atoms with van der Waals surface area (Å²) in [5.74, 6) is 2.79. The summed E-state index contributed by atoms with van der Waals surface area (Å²) in [5.41, 5.74) is 10.3. The number of anilines is 3. The summed E-state index contributed by atoms with van der Waals surface area (Å²) in [7, 11) is 11.8. The van der Waals surface area contributed by atoms with E-state index >= 15 is 0 Å². The number of hydrogen-bond acceptors (Lipinski definition) is 3. The van der Waals surface area contributed by atoms with Crippen molar-refractivity contribution in [2.75, 3.05) is 28.2 Å². The maximum atomic E-state index is 11.0. The molecular formula is C39H55Cl2N3O2Ru. The number of rotatable bonds is 10. The summed E-state index contributed by atoms with van der Waals surface area (Å²) in [5, 5.41) is 2.73. The van der Waals surface area contributed by atoms with Gasteiger partial charge in [0.1, 0.15) is 0 Å². The van der Waals surface area contributed by atoms with Gasteiger partial charge >= 0.3 is 120 Å². The number of halogens is 2. The molecule has 1 aliphatic rings. The molecule has 0 radical (unpaired) electrons. The van der Waals surface area contributed by atoms with Crippen LogP contribution in [-0.2, 0) is 18.3 Å². The predicted octanol–water partition coefficient (Wildman–Crippen LogP) is 11.0. The summed E-state index contributed by atoms with van der Waals surface area (Å²) in [4.78, 5) is 16.0. The number of benzene rings is 3. The van der Waals surface area contributed by atoms with Gasteiger partial charge in [0.25, 0.3) is 0 Å². The van der Waals surface area contributed by atoms with Crippen LogP contribution in [0.2, 0.25) is 0 Å². The van der Waals surface area contributed by atoms with Crippen molar-refractivity contribution in [3.05, 3.63) is 89.1 Å². The van der Waals surface area contributed by atoms with E-state index in [1.165, 1.54) is 40.6 Å². The van der Waals surface area contributed by atoms with E-state index in [0.29, 0.717) is 23.7 Å². The number of nitrogens with one attached hydrogen (secondary N) is 1. The first-order valence-electron chi connectivity index (χ1n) is 16.7. The minimum Gasteiger partial charge on any atom is -0.502 e. The maximum Gasteiger partial charge on any atom is 0.0156 e. The Balaban J connectivity index is 0.000000287. The van der Waals surface area contributed by atoms with Crippen LogP contribution in [0.4, 0.5) is 17.1 Å². The second kappa shape index (κ2) is 17.8. The average Bonchev–Trinajstić information content (AvgIpc) is 3.47. The minimum absolute atomic E-state index is 0.111. The molecule has 1 fully saturated rings. The first-order valence-corrected chi connectivity index (χ1v) is 22.2. The van der Waals surface area contributed by atoms with Crippen molar-refractivity contribution in [3.8, 4) is 5.75 Å². The first-order chi connectivity index (χ1) is 22.1. The predicted molar refractivity (Wildman–Crippen MR) is 203 cm³/mol.